The van der Waals surface area contributed by atoms with Crippen LogP contribution in [0.3, 0.4) is 0 Å². The number of hydrogen-bond donors (Lipinski definition) is 1. The van der Waals surface area contributed by atoms with Crippen molar-refractivity contribution in [2.45, 2.75) is 37.6 Å². The van der Waals surface area contributed by atoms with Crippen LogP contribution < -0.4 is 0 Å². The summed E-state index contributed by atoms with van der Waals surface area (Å²) < 4.78 is 48.5. The molecule has 1 fully saturated rings. The third-order valence-corrected chi connectivity index (χ3v) is 7.33. The van der Waals surface area contributed by atoms with Gasteiger partial charge in [-0.05, 0) is 43.7 Å². The molecule has 10 heteroatoms. The fourth-order valence-electron chi connectivity index (χ4n) is 4.19. The van der Waals surface area contributed by atoms with Gasteiger partial charge in [-0.1, -0.05) is 60.7 Å². The highest BCUT2D eigenvalue weighted by Crippen LogP contribution is 2.40. The molecule has 1 aliphatic heterocycles. The van der Waals surface area contributed by atoms with E-state index in [0.717, 1.165) is 30.6 Å². The summed E-state index contributed by atoms with van der Waals surface area (Å²) in [6.07, 6.45) is 2.21. The summed E-state index contributed by atoms with van der Waals surface area (Å²) in [5, 5.41) is 10.3. The Morgan fingerprint density at radius 2 is 1.38 bits per heavy atom. The van der Waals surface area contributed by atoms with Gasteiger partial charge in [0.25, 0.3) is 10.1 Å². The molecule has 0 unspecified atom stereocenters. The van der Waals surface area contributed by atoms with Crippen LogP contribution >= 0.6 is 10.7 Å². The molecular formula is C24H31ClN2O5S2. The van der Waals surface area contributed by atoms with Gasteiger partial charge in [-0.25, -0.2) is 8.42 Å². The van der Waals surface area contributed by atoms with Crippen LogP contribution in [0.15, 0.2) is 60.7 Å². The lowest BCUT2D eigenvalue weighted by Gasteiger charge is -2.50. The number of halogens is 1. The van der Waals surface area contributed by atoms with E-state index in [1.54, 1.807) is 0 Å². The molecule has 0 saturated carbocycles. The van der Waals surface area contributed by atoms with E-state index in [2.05, 4.69) is 24.8 Å². The van der Waals surface area contributed by atoms with Crippen molar-refractivity contribution in [1.82, 2.24) is 4.90 Å². The molecule has 0 atom stereocenters. The monoisotopic (exact) mass is 526 g/mol. The maximum atomic E-state index is 11.3. The molecule has 0 radical (unpaired) electrons. The van der Waals surface area contributed by atoms with Crippen LogP contribution in [0.1, 0.15) is 37.8 Å². The van der Waals surface area contributed by atoms with E-state index in [-0.39, 0.29) is 17.2 Å². The zero-order chi connectivity index (χ0) is 25.6. The Kier molecular flexibility index (Phi) is 9.30. The van der Waals surface area contributed by atoms with Crippen molar-refractivity contribution in [2.75, 3.05) is 25.1 Å². The molecule has 1 N–H and O–H groups in total. The molecule has 0 bridgehead atoms. The van der Waals surface area contributed by atoms with E-state index in [4.69, 9.17) is 15.2 Å². The summed E-state index contributed by atoms with van der Waals surface area (Å²) in [5.41, 5.74) is 1.14. The van der Waals surface area contributed by atoms with Gasteiger partial charge in [0.1, 0.15) is 5.41 Å². The topological polar surface area (TPSA) is 116 Å². The van der Waals surface area contributed by atoms with Crippen LogP contribution in [0.2, 0.25) is 0 Å². The highest BCUT2D eigenvalue weighted by molar-refractivity contribution is 8.13. The molecule has 0 spiro atoms. The van der Waals surface area contributed by atoms with Gasteiger partial charge in [0.05, 0.1) is 18.1 Å². The first kappa shape index (κ1) is 28.3. The summed E-state index contributed by atoms with van der Waals surface area (Å²) in [7, 11) is -1.73. The molecule has 2 aromatic carbocycles. The average Bonchev–Trinajstić information content (AvgIpc) is 2.71. The second-order valence-electron chi connectivity index (χ2n) is 9.27. The second-order valence-corrected chi connectivity index (χ2v) is 13.6. The number of hydrogen-bond acceptors (Lipinski definition) is 6. The number of rotatable bonds is 8. The van der Waals surface area contributed by atoms with Crippen LogP contribution in [0.4, 0.5) is 0 Å². The summed E-state index contributed by atoms with van der Waals surface area (Å²) in [6, 6.07) is 22.5. The van der Waals surface area contributed by atoms with Crippen molar-refractivity contribution in [1.29, 1.82) is 5.26 Å². The highest BCUT2D eigenvalue weighted by atomic mass is 35.7. The van der Waals surface area contributed by atoms with Crippen LogP contribution in [0, 0.1) is 17.2 Å². The minimum Gasteiger partial charge on any atom is -0.297 e. The molecule has 7 nitrogen and oxygen atoms in total. The molecule has 3 rings (SSSR count). The molecule has 1 heterocycles. The Hall–Kier alpha value is -1.96. The van der Waals surface area contributed by atoms with Crippen molar-refractivity contribution < 1.29 is 21.4 Å². The van der Waals surface area contributed by atoms with Crippen molar-refractivity contribution in [2.24, 2.45) is 5.92 Å². The zero-order valence-electron chi connectivity index (χ0n) is 19.6. The van der Waals surface area contributed by atoms with E-state index in [1.807, 2.05) is 60.7 Å². The van der Waals surface area contributed by atoms with Gasteiger partial charge in [-0.2, -0.15) is 13.7 Å². The van der Waals surface area contributed by atoms with Gasteiger partial charge in [0.15, 0.2) is 0 Å². The zero-order valence-corrected chi connectivity index (χ0v) is 21.9. The summed E-state index contributed by atoms with van der Waals surface area (Å²) >= 11 is 0. The van der Waals surface area contributed by atoms with Crippen molar-refractivity contribution in [3.05, 3.63) is 71.8 Å². The van der Waals surface area contributed by atoms with Crippen molar-refractivity contribution in [3.63, 3.8) is 0 Å². The van der Waals surface area contributed by atoms with Crippen LogP contribution in [0.25, 0.3) is 0 Å². The Labute approximate surface area is 207 Å². The first-order chi connectivity index (χ1) is 15.7. The van der Waals surface area contributed by atoms with E-state index in [1.165, 1.54) is 0 Å². The third-order valence-electron chi connectivity index (χ3n) is 6.08. The Morgan fingerprint density at radius 1 is 0.971 bits per heavy atom. The normalized spacial score (nSPS) is 15.5. The first-order valence-corrected chi connectivity index (χ1v) is 15.1. The SMILES string of the molecule is CC(C)(CCC(C#N)(c1ccccc1)c1ccccc1)N1CC(CS(=O)(=O)Cl)C1.CS(=O)(=O)O. The molecule has 0 aliphatic carbocycles. The van der Waals surface area contributed by atoms with E-state index < -0.39 is 24.6 Å². The second kappa shape index (κ2) is 11.2. The molecule has 0 amide bonds. The van der Waals surface area contributed by atoms with Gasteiger partial charge in [-0.3, -0.25) is 9.45 Å². The molecule has 2 aromatic rings. The standard InChI is InChI=1S/C23H27ClN2O2S.CH4O3S/c1-22(2,26-15-19(16-26)17-29(24,27)28)13-14-23(18-25,20-9-5-3-6-10-20)21-11-7-4-8-12-21;1-5(2,3)4/h3-12,19H,13-17H2,1-2H3;1H3,(H,2,3,4). The predicted octanol–water partition coefficient (Wildman–Crippen LogP) is 4.06. The molecule has 34 heavy (non-hydrogen) atoms. The lowest BCUT2D eigenvalue weighted by atomic mass is 9.70. The van der Waals surface area contributed by atoms with E-state index in [9.17, 15) is 22.1 Å². The van der Waals surface area contributed by atoms with Crippen molar-refractivity contribution >= 4 is 29.9 Å². The Bertz CT molecular complexity index is 1140. The van der Waals surface area contributed by atoms with Crippen LogP contribution in [-0.4, -0.2) is 56.9 Å². The summed E-state index contributed by atoms with van der Waals surface area (Å²) in [4.78, 5) is 2.29. The molecule has 0 aromatic heterocycles. The third kappa shape index (κ3) is 8.36. The largest absolute Gasteiger partial charge is 0.297 e. The number of nitrogens with zero attached hydrogens (tertiary/aromatic N) is 2. The van der Waals surface area contributed by atoms with Gasteiger partial charge in [0, 0.05) is 29.3 Å². The molecule has 186 valence electrons. The van der Waals surface area contributed by atoms with Gasteiger partial charge in [0.2, 0.25) is 9.05 Å². The van der Waals surface area contributed by atoms with Crippen LogP contribution in [-0.2, 0) is 24.6 Å². The maximum absolute atomic E-state index is 11.3. The van der Waals surface area contributed by atoms with Crippen molar-refractivity contribution in [3.8, 4) is 6.07 Å². The smallest absolute Gasteiger partial charge is 0.261 e. The minimum absolute atomic E-state index is 0.0251. The average molecular weight is 527 g/mol. The molecule has 1 saturated heterocycles. The van der Waals surface area contributed by atoms with Crippen LogP contribution in [0.5, 0.6) is 0 Å². The lowest BCUT2D eigenvalue weighted by Crippen LogP contribution is -2.58. The number of nitriles is 1. The maximum Gasteiger partial charge on any atom is 0.261 e. The summed E-state index contributed by atoms with van der Waals surface area (Å²) in [6.45, 7) is 5.76. The highest BCUT2D eigenvalue weighted by Gasteiger charge is 2.42. The predicted molar refractivity (Wildman–Crippen MR) is 135 cm³/mol. The number of benzene rings is 2. The van der Waals surface area contributed by atoms with Gasteiger partial charge in [-0.15, -0.1) is 0 Å². The number of likely N-dealkylation sites (tertiary alicyclic amines) is 1. The van der Waals surface area contributed by atoms with Gasteiger partial charge >= 0.3 is 0 Å². The molecular weight excluding hydrogens is 496 g/mol. The van der Waals surface area contributed by atoms with E-state index in [0.29, 0.717) is 12.7 Å². The fraction of sp³-hybridized carbons (Fsp3) is 0.458. The first-order valence-electron chi connectivity index (χ1n) is 10.8. The molecule has 1 aliphatic rings. The van der Waals surface area contributed by atoms with E-state index >= 15 is 0 Å². The van der Waals surface area contributed by atoms with Gasteiger partial charge < -0.3 is 0 Å². The quantitative estimate of drug-likeness (QED) is 0.407. The minimum atomic E-state index is -3.67. The fourth-order valence-corrected chi connectivity index (χ4v) is 5.50. The summed E-state index contributed by atoms with van der Waals surface area (Å²) in [5.74, 6) is 0.109. The Balaban J connectivity index is 0.000000739. The Morgan fingerprint density at radius 3 is 1.74 bits per heavy atom. The lowest BCUT2D eigenvalue weighted by molar-refractivity contribution is 0.00538.